The summed E-state index contributed by atoms with van der Waals surface area (Å²) in [5.41, 5.74) is 1.50. The van der Waals surface area contributed by atoms with Crippen LogP contribution in [0, 0.1) is 10.5 Å². The number of aryl methyl sites for hydroxylation is 1. The van der Waals surface area contributed by atoms with E-state index in [1.807, 2.05) is 37.3 Å². The molecule has 0 aliphatic rings. The number of ether oxygens (including phenoxy) is 1. The third-order valence-electron chi connectivity index (χ3n) is 2.43. The summed E-state index contributed by atoms with van der Waals surface area (Å²) in [5, 5.41) is 0. The maximum atomic E-state index is 12.0. The Morgan fingerprint density at radius 2 is 1.94 bits per heavy atom. The van der Waals surface area contributed by atoms with Crippen molar-refractivity contribution in [3.63, 3.8) is 0 Å². The minimum absolute atomic E-state index is 0.328. The molecule has 2 aromatic rings. The van der Waals surface area contributed by atoms with Crippen LogP contribution >= 0.6 is 38.5 Å². The van der Waals surface area contributed by atoms with Gasteiger partial charge < -0.3 is 4.74 Å². The fraction of sp³-hybridized carbons (Fsp3) is 0.0714. The summed E-state index contributed by atoms with van der Waals surface area (Å²) in [6.07, 6.45) is 0. The highest BCUT2D eigenvalue weighted by atomic mass is 127. The van der Waals surface area contributed by atoms with Gasteiger partial charge in [-0.2, -0.15) is 0 Å². The summed E-state index contributed by atoms with van der Waals surface area (Å²) in [7, 11) is 0. The van der Waals surface area contributed by atoms with E-state index in [0.717, 1.165) is 13.6 Å². The van der Waals surface area contributed by atoms with Crippen LogP contribution in [0.1, 0.15) is 15.9 Å². The van der Waals surface area contributed by atoms with E-state index in [9.17, 15) is 4.79 Å². The number of hydrogen-bond donors (Lipinski definition) is 0. The molecule has 0 spiro atoms. The summed E-state index contributed by atoms with van der Waals surface area (Å²) in [6.45, 7) is 1.91. The average molecular weight is 417 g/mol. The molecule has 2 aromatic carbocycles. The van der Waals surface area contributed by atoms with Crippen molar-refractivity contribution in [1.29, 1.82) is 0 Å². The van der Waals surface area contributed by atoms with E-state index in [-0.39, 0.29) is 5.97 Å². The third-order valence-corrected chi connectivity index (χ3v) is 3.87. The molecule has 0 saturated carbocycles. The van der Waals surface area contributed by atoms with E-state index in [1.54, 1.807) is 12.1 Å². The third kappa shape index (κ3) is 3.11. The Hall–Kier alpha value is -0.880. The van der Waals surface area contributed by atoms with E-state index in [0.29, 0.717) is 11.3 Å². The Balaban J connectivity index is 2.24. The lowest BCUT2D eigenvalue weighted by molar-refractivity contribution is 0.0732. The molecular formula is C14H10BrIO2. The molecule has 0 saturated heterocycles. The van der Waals surface area contributed by atoms with Crippen LogP contribution in [0.25, 0.3) is 0 Å². The summed E-state index contributed by atoms with van der Waals surface area (Å²) in [4.78, 5) is 12.0. The highest BCUT2D eigenvalue weighted by molar-refractivity contribution is 14.1. The van der Waals surface area contributed by atoms with Gasteiger partial charge in [0.1, 0.15) is 5.75 Å². The molecule has 0 radical (unpaired) electrons. The van der Waals surface area contributed by atoms with Crippen molar-refractivity contribution < 1.29 is 9.53 Å². The molecule has 4 heteroatoms. The molecule has 0 aromatic heterocycles. The highest BCUT2D eigenvalue weighted by Gasteiger charge is 2.12. The normalized spacial score (nSPS) is 10.2. The van der Waals surface area contributed by atoms with Crippen LogP contribution in [-0.4, -0.2) is 5.97 Å². The van der Waals surface area contributed by atoms with Crippen LogP contribution < -0.4 is 4.74 Å². The molecular weight excluding hydrogens is 407 g/mol. The van der Waals surface area contributed by atoms with E-state index >= 15 is 0 Å². The minimum Gasteiger partial charge on any atom is -0.423 e. The first-order chi connectivity index (χ1) is 8.58. The van der Waals surface area contributed by atoms with Crippen LogP contribution in [-0.2, 0) is 0 Å². The molecule has 0 atom stereocenters. The van der Waals surface area contributed by atoms with Crippen LogP contribution in [0.15, 0.2) is 46.9 Å². The zero-order valence-electron chi connectivity index (χ0n) is 9.61. The lowest BCUT2D eigenvalue weighted by atomic mass is 10.2. The van der Waals surface area contributed by atoms with Crippen molar-refractivity contribution in [3.05, 3.63) is 61.6 Å². The van der Waals surface area contributed by atoms with Gasteiger partial charge in [0.05, 0.1) is 5.56 Å². The predicted molar refractivity (Wildman–Crippen MR) is 83.0 cm³/mol. The average Bonchev–Trinajstić information content (AvgIpc) is 2.33. The van der Waals surface area contributed by atoms with Crippen molar-refractivity contribution in [2.45, 2.75) is 6.92 Å². The minimum atomic E-state index is -0.328. The second kappa shape index (κ2) is 5.84. The topological polar surface area (TPSA) is 26.3 Å². The van der Waals surface area contributed by atoms with Crippen LogP contribution in [0.3, 0.4) is 0 Å². The molecule has 0 heterocycles. The van der Waals surface area contributed by atoms with Gasteiger partial charge in [-0.15, -0.1) is 0 Å². The molecule has 0 fully saturated rings. The Morgan fingerprint density at radius 3 is 2.61 bits per heavy atom. The number of esters is 1. The molecule has 0 aliphatic heterocycles. The number of carbonyl (C=O) groups is 1. The lowest BCUT2D eigenvalue weighted by Gasteiger charge is -2.08. The molecule has 0 bridgehead atoms. The van der Waals surface area contributed by atoms with E-state index in [4.69, 9.17) is 4.74 Å². The number of carbonyl (C=O) groups excluding carboxylic acids is 1. The zero-order valence-corrected chi connectivity index (χ0v) is 13.4. The molecule has 2 rings (SSSR count). The maximum Gasteiger partial charge on any atom is 0.344 e. The zero-order chi connectivity index (χ0) is 13.1. The van der Waals surface area contributed by atoms with Gasteiger partial charge in [0.2, 0.25) is 0 Å². The highest BCUT2D eigenvalue weighted by Crippen LogP contribution is 2.23. The SMILES string of the molecule is Cc1cc(Br)ccc1OC(=O)c1ccccc1I. The quantitative estimate of drug-likeness (QED) is 0.407. The van der Waals surface area contributed by atoms with Crippen molar-refractivity contribution >= 4 is 44.5 Å². The van der Waals surface area contributed by atoms with Gasteiger partial charge in [0.25, 0.3) is 0 Å². The Bertz CT molecular complexity index is 596. The number of benzene rings is 2. The predicted octanol–water partition coefficient (Wildman–Crippen LogP) is 4.58. The van der Waals surface area contributed by atoms with Gasteiger partial charge >= 0.3 is 5.97 Å². The molecule has 0 aliphatic carbocycles. The second-order valence-electron chi connectivity index (χ2n) is 3.78. The number of halogens is 2. The monoisotopic (exact) mass is 416 g/mol. The Kier molecular flexibility index (Phi) is 4.40. The number of hydrogen-bond acceptors (Lipinski definition) is 2. The van der Waals surface area contributed by atoms with Gasteiger partial charge in [-0.05, 0) is 65.4 Å². The lowest BCUT2D eigenvalue weighted by Crippen LogP contribution is -2.10. The van der Waals surface area contributed by atoms with Crippen molar-refractivity contribution in [2.24, 2.45) is 0 Å². The Morgan fingerprint density at radius 1 is 1.22 bits per heavy atom. The van der Waals surface area contributed by atoms with Gasteiger partial charge in [0.15, 0.2) is 0 Å². The van der Waals surface area contributed by atoms with Crippen LogP contribution in [0.5, 0.6) is 5.75 Å². The largest absolute Gasteiger partial charge is 0.423 e. The maximum absolute atomic E-state index is 12.0. The first-order valence-electron chi connectivity index (χ1n) is 5.31. The first-order valence-corrected chi connectivity index (χ1v) is 7.18. The van der Waals surface area contributed by atoms with E-state index in [1.165, 1.54) is 0 Å². The standard InChI is InChI=1S/C14H10BrIO2/c1-9-8-10(15)6-7-13(9)18-14(17)11-4-2-3-5-12(11)16/h2-8H,1H3. The molecule has 18 heavy (non-hydrogen) atoms. The first kappa shape index (κ1) is 13.5. The summed E-state index contributed by atoms with van der Waals surface area (Å²) in [6, 6.07) is 12.9. The van der Waals surface area contributed by atoms with E-state index in [2.05, 4.69) is 38.5 Å². The van der Waals surface area contributed by atoms with Crippen LogP contribution in [0.4, 0.5) is 0 Å². The fourth-order valence-corrected chi connectivity index (χ4v) is 2.59. The van der Waals surface area contributed by atoms with Gasteiger partial charge in [-0.1, -0.05) is 28.1 Å². The van der Waals surface area contributed by atoms with Crippen molar-refractivity contribution in [3.8, 4) is 5.75 Å². The summed E-state index contributed by atoms with van der Waals surface area (Å²) in [5.74, 6) is 0.258. The molecule has 0 unspecified atom stereocenters. The fourth-order valence-electron chi connectivity index (χ4n) is 1.51. The van der Waals surface area contributed by atoms with E-state index < -0.39 is 0 Å². The molecule has 92 valence electrons. The summed E-state index contributed by atoms with van der Waals surface area (Å²) < 4.78 is 7.25. The van der Waals surface area contributed by atoms with Gasteiger partial charge in [-0.3, -0.25) is 0 Å². The van der Waals surface area contributed by atoms with Crippen molar-refractivity contribution in [1.82, 2.24) is 0 Å². The summed E-state index contributed by atoms with van der Waals surface area (Å²) >= 11 is 5.50. The second-order valence-corrected chi connectivity index (χ2v) is 5.86. The number of rotatable bonds is 2. The van der Waals surface area contributed by atoms with Crippen LogP contribution in [0.2, 0.25) is 0 Å². The molecule has 0 amide bonds. The van der Waals surface area contributed by atoms with Gasteiger partial charge in [-0.25, -0.2) is 4.79 Å². The molecule has 2 nitrogen and oxygen atoms in total. The Labute approximate surface area is 128 Å². The molecule has 0 N–H and O–H groups in total. The van der Waals surface area contributed by atoms with Gasteiger partial charge in [0, 0.05) is 8.04 Å². The smallest absolute Gasteiger partial charge is 0.344 e. The van der Waals surface area contributed by atoms with Crippen molar-refractivity contribution in [2.75, 3.05) is 0 Å².